The third-order valence-corrected chi connectivity index (χ3v) is 3.77. The minimum absolute atomic E-state index is 0.246. The highest BCUT2D eigenvalue weighted by atomic mass is 35.5. The summed E-state index contributed by atoms with van der Waals surface area (Å²) in [4.78, 5) is 16.5. The number of pyridine rings is 1. The van der Waals surface area contributed by atoms with Gasteiger partial charge >= 0.3 is 0 Å². The second-order valence-corrected chi connectivity index (χ2v) is 5.77. The molecule has 0 bridgehead atoms. The van der Waals surface area contributed by atoms with Crippen molar-refractivity contribution in [2.75, 3.05) is 10.6 Å². The molecule has 4 nitrogen and oxygen atoms in total. The van der Waals surface area contributed by atoms with E-state index in [1.165, 1.54) is 0 Å². The van der Waals surface area contributed by atoms with Gasteiger partial charge in [-0.3, -0.25) is 9.78 Å². The van der Waals surface area contributed by atoms with Crippen molar-refractivity contribution in [2.45, 2.75) is 6.92 Å². The van der Waals surface area contributed by atoms with Crippen LogP contribution in [0.4, 0.5) is 17.1 Å². The molecule has 0 aliphatic carbocycles. The maximum atomic E-state index is 12.4. The van der Waals surface area contributed by atoms with Gasteiger partial charge in [-0.15, -0.1) is 0 Å². The molecule has 2 aromatic carbocycles. The Balaban J connectivity index is 1.76. The largest absolute Gasteiger partial charge is 0.355 e. The zero-order valence-corrected chi connectivity index (χ0v) is 13.8. The highest BCUT2D eigenvalue weighted by molar-refractivity contribution is 6.30. The first-order valence-electron chi connectivity index (χ1n) is 7.47. The van der Waals surface area contributed by atoms with Gasteiger partial charge in [-0.2, -0.15) is 0 Å². The number of aromatic nitrogens is 1. The fraction of sp³-hybridized carbons (Fsp3) is 0.0526. The topological polar surface area (TPSA) is 54.0 Å². The van der Waals surface area contributed by atoms with Gasteiger partial charge in [0.2, 0.25) is 0 Å². The van der Waals surface area contributed by atoms with Crippen molar-refractivity contribution in [1.82, 2.24) is 4.98 Å². The van der Waals surface area contributed by atoms with E-state index in [0.29, 0.717) is 10.7 Å². The summed E-state index contributed by atoms with van der Waals surface area (Å²) in [5, 5.41) is 6.78. The second-order valence-electron chi connectivity index (χ2n) is 5.33. The van der Waals surface area contributed by atoms with E-state index in [1.54, 1.807) is 30.5 Å². The van der Waals surface area contributed by atoms with Crippen molar-refractivity contribution in [2.24, 2.45) is 0 Å². The van der Waals surface area contributed by atoms with Crippen LogP contribution in [-0.4, -0.2) is 10.9 Å². The van der Waals surface area contributed by atoms with Crippen LogP contribution in [0.25, 0.3) is 0 Å². The molecule has 0 radical (unpaired) electrons. The molecule has 0 fully saturated rings. The average molecular weight is 338 g/mol. The van der Waals surface area contributed by atoms with Gasteiger partial charge in [0.05, 0.1) is 0 Å². The number of nitrogens with one attached hydrogen (secondary N) is 2. The normalized spacial score (nSPS) is 10.2. The third kappa shape index (κ3) is 3.91. The first-order valence-corrected chi connectivity index (χ1v) is 7.85. The molecule has 0 saturated carbocycles. The first kappa shape index (κ1) is 16.0. The quantitative estimate of drug-likeness (QED) is 0.701. The number of anilines is 3. The molecule has 1 amide bonds. The maximum absolute atomic E-state index is 12.4. The Kier molecular flexibility index (Phi) is 4.77. The number of para-hydroxylation sites is 1. The molecule has 2 N–H and O–H groups in total. The number of carbonyl (C=O) groups excluding carboxylic acids is 1. The van der Waals surface area contributed by atoms with Crippen molar-refractivity contribution in [3.05, 3.63) is 83.1 Å². The van der Waals surface area contributed by atoms with Crippen LogP contribution in [-0.2, 0) is 0 Å². The minimum Gasteiger partial charge on any atom is -0.355 e. The summed E-state index contributed by atoms with van der Waals surface area (Å²) in [7, 11) is 0. The van der Waals surface area contributed by atoms with Crippen molar-refractivity contribution >= 4 is 34.6 Å². The molecular weight excluding hydrogens is 322 g/mol. The summed E-state index contributed by atoms with van der Waals surface area (Å²) in [6, 6.07) is 18.5. The first-order chi connectivity index (χ1) is 11.6. The van der Waals surface area contributed by atoms with Gasteiger partial charge in [-0.1, -0.05) is 29.8 Å². The van der Waals surface area contributed by atoms with Gasteiger partial charge in [-0.25, -0.2) is 0 Å². The molecule has 24 heavy (non-hydrogen) atoms. The van der Waals surface area contributed by atoms with Crippen molar-refractivity contribution in [1.29, 1.82) is 0 Å². The number of hydrogen-bond acceptors (Lipinski definition) is 3. The van der Waals surface area contributed by atoms with E-state index in [1.807, 2.05) is 43.3 Å². The lowest BCUT2D eigenvalue weighted by molar-refractivity contribution is 0.102. The van der Waals surface area contributed by atoms with Gasteiger partial charge in [0.25, 0.3) is 5.91 Å². The van der Waals surface area contributed by atoms with Crippen LogP contribution in [0, 0.1) is 6.92 Å². The number of halogens is 1. The zero-order valence-electron chi connectivity index (χ0n) is 13.1. The number of nitrogens with zero attached hydrogens (tertiary/aromatic N) is 1. The molecule has 0 spiro atoms. The van der Waals surface area contributed by atoms with Crippen LogP contribution in [0.5, 0.6) is 0 Å². The fourth-order valence-electron chi connectivity index (χ4n) is 2.23. The van der Waals surface area contributed by atoms with Crippen LogP contribution < -0.4 is 10.6 Å². The fourth-order valence-corrected chi connectivity index (χ4v) is 2.36. The van der Waals surface area contributed by atoms with Crippen LogP contribution in [0.3, 0.4) is 0 Å². The molecule has 0 aliphatic heterocycles. The summed E-state index contributed by atoms with van der Waals surface area (Å²) in [6.45, 7) is 1.95. The summed E-state index contributed by atoms with van der Waals surface area (Å²) >= 11 is 5.88. The number of rotatable bonds is 4. The molecular formula is C19H16ClN3O. The van der Waals surface area contributed by atoms with E-state index in [2.05, 4.69) is 15.6 Å². The molecule has 0 aliphatic rings. The van der Waals surface area contributed by atoms with Crippen LogP contribution in [0.2, 0.25) is 5.02 Å². The molecule has 1 aromatic heterocycles. The molecule has 1 heterocycles. The van der Waals surface area contributed by atoms with Gasteiger partial charge < -0.3 is 10.6 Å². The standard InChI is InChI=1S/C19H16ClN3O/c1-13-4-2-3-5-17(13)23-19(24)18-12-16(10-11-21-18)22-15-8-6-14(20)7-9-15/h2-12H,1H3,(H,21,22)(H,23,24). The van der Waals surface area contributed by atoms with Crippen LogP contribution >= 0.6 is 11.6 Å². The SMILES string of the molecule is Cc1ccccc1NC(=O)c1cc(Nc2ccc(Cl)cc2)ccn1. The minimum atomic E-state index is -0.246. The number of hydrogen-bond donors (Lipinski definition) is 2. The van der Waals surface area contributed by atoms with E-state index < -0.39 is 0 Å². The summed E-state index contributed by atoms with van der Waals surface area (Å²) < 4.78 is 0. The molecule has 120 valence electrons. The Morgan fingerprint density at radius 2 is 1.75 bits per heavy atom. The average Bonchev–Trinajstić information content (AvgIpc) is 2.59. The summed E-state index contributed by atoms with van der Waals surface area (Å²) in [5.74, 6) is -0.246. The van der Waals surface area contributed by atoms with E-state index in [-0.39, 0.29) is 5.91 Å². The second kappa shape index (κ2) is 7.15. The molecule has 3 aromatic rings. The lowest BCUT2D eigenvalue weighted by Crippen LogP contribution is -2.14. The molecule has 0 unspecified atom stereocenters. The lowest BCUT2D eigenvalue weighted by Gasteiger charge is -2.10. The summed E-state index contributed by atoms with van der Waals surface area (Å²) in [5.41, 5.74) is 3.79. The Hall–Kier alpha value is -2.85. The molecule has 3 rings (SSSR count). The monoisotopic (exact) mass is 337 g/mol. The van der Waals surface area contributed by atoms with Gasteiger partial charge in [0.15, 0.2) is 0 Å². The van der Waals surface area contributed by atoms with Crippen molar-refractivity contribution < 1.29 is 4.79 Å². The number of benzene rings is 2. The Labute approximate surface area is 145 Å². The molecule has 0 atom stereocenters. The predicted molar refractivity (Wildman–Crippen MR) is 98.1 cm³/mol. The Morgan fingerprint density at radius 1 is 1.00 bits per heavy atom. The number of aryl methyl sites for hydroxylation is 1. The highest BCUT2D eigenvalue weighted by Gasteiger charge is 2.09. The lowest BCUT2D eigenvalue weighted by atomic mass is 10.2. The van der Waals surface area contributed by atoms with E-state index in [4.69, 9.17) is 11.6 Å². The van der Waals surface area contributed by atoms with E-state index >= 15 is 0 Å². The van der Waals surface area contributed by atoms with E-state index in [0.717, 1.165) is 22.6 Å². The number of amides is 1. The van der Waals surface area contributed by atoms with Gasteiger partial charge in [0.1, 0.15) is 5.69 Å². The van der Waals surface area contributed by atoms with E-state index in [9.17, 15) is 4.79 Å². The van der Waals surface area contributed by atoms with Crippen molar-refractivity contribution in [3.8, 4) is 0 Å². The zero-order chi connectivity index (χ0) is 16.9. The molecule has 5 heteroatoms. The van der Waals surface area contributed by atoms with Crippen LogP contribution in [0.1, 0.15) is 16.1 Å². The Morgan fingerprint density at radius 3 is 2.50 bits per heavy atom. The van der Waals surface area contributed by atoms with Crippen molar-refractivity contribution in [3.63, 3.8) is 0 Å². The van der Waals surface area contributed by atoms with Crippen LogP contribution in [0.15, 0.2) is 66.9 Å². The third-order valence-electron chi connectivity index (χ3n) is 3.52. The smallest absolute Gasteiger partial charge is 0.274 e. The predicted octanol–water partition coefficient (Wildman–Crippen LogP) is 5.04. The maximum Gasteiger partial charge on any atom is 0.274 e. The highest BCUT2D eigenvalue weighted by Crippen LogP contribution is 2.20. The van der Waals surface area contributed by atoms with Gasteiger partial charge in [-0.05, 0) is 55.0 Å². The summed E-state index contributed by atoms with van der Waals surface area (Å²) in [6.07, 6.45) is 1.60. The number of carbonyl (C=O) groups is 1. The molecule has 0 saturated heterocycles. The van der Waals surface area contributed by atoms with Gasteiger partial charge in [0, 0.05) is 28.3 Å². The Bertz CT molecular complexity index is 862.